The van der Waals surface area contributed by atoms with Crippen molar-refractivity contribution in [3.8, 4) is 33.6 Å². The van der Waals surface area contributed by atoms with Crippen molar-refractivity contribution in [2.45, 2.75) is 41.5 Å². The smallest absolute Gasteiger partial charge is 0.216 e. The molecule has 8 rings (SSSR count). The van der Waals surface area contributed by atoms with Crippen molar-refractivity contribution in [1.29, 1.82) is 0 Å². The van der Waals surface area contributed by atoms with E-state index in [1.165, 1.54) is 27.8 Å². The van der Waals surface area contributed by atoms with Crippen molar-refractivity contribution < 1.29 is 24.5 Å². The Kier molecular flexibility index (Phi) is 9.32. The Bertz CT molecular complexity index is 2430. The minimum Gasteiger partial charge on any atom is -0.486 e. The Morgan fingerprint density at radius 3 is 2.25 bits per heavy atom. The first-order chi connectivity index (χ1) is 22.8. The molecule has 0 aliphatic carbocycles. The number of hydrogen-bond donors (Lipinski definition) is 0. The molecule has 5 nitrogen and oxygen atoms in total. The number of pyridine rings is 4. The monoisotopic (exact) mass is 803 g/mol. The van der Waals surface area contributed by atoms with Crippen LogP contribution >= 0.6 is 0 Å². The average Bonchev–Trinajstić information content (AvgIpc) is 3.45. The van der Waals surface area contributed by atoms with E-state index in [1.54, 1.807) is 0 Å². The molecule has 48 heavy (non-hydrogen) atoms. The topological polar surface area (TPSA) is 64.7 Å². The van der Waals surface area contributed by atoms with E-state index in [1.807, 2.05) is 55.8 Å². The molecule has 0 saturated heterocycles. The van der Waals surface area contributed by atoms with Crippen LogP contribution in [0.15, 0.2) is 102 Å². The largest absolute Gasteiger partial charge is 0.486 e. The Hall–Kier alpha value is -5.03. The van der Waals surface area contributed by atoms with E-state index in [4.69, 9.17) is 9.40 Å². The van der Waals surface area contributed by atoms with Gasteiger partial charge in [-0.05, 0) is 98.1 Å². The minimum absolute atomic E-state index is 0. The number of nitrogens with zero attached hydrogens (tertiary/aromatic N) is 4. The summed E-state index contributed by atoms with van der Waals surface area (Å²) in [5.41, 5.74) is 15.5. The predicted molar refractivity (Wildman–Crippen MR) is 191 cm³/mol. The van der Waals surface area contributed by atoms with E-state index in [0.29, 0.717) is 5.71 Å². The zero-order valence-electron chi connectivity index (χ0n) is 27.8. The van der Waals surface area contributed by atoms with Crippen LogP contribution in [0.4, 0.5) is 0 Å². The third-order valence-electron chi connectivity index (χ3n) is 8.76. The van der Waals surface area contributed by atoms with Crippen LogP contribution in [0.1, 0.15) is 33.5 Å². The van der Waals surface area contributed by atoms with E-state index < -0.39 is 0 Å². The van der Waals surface area contributed by atoms with Crippen molar-refractivity contribution in [1.82, 2.24) is 19.9 Å². The van der Waals surface area contributed by atoms with Crippen LogP contribution in [0.3, 0.4) is 0 Å². The molecule has 1 radical (unpaired) electrons. The molecule has 6 heteroatoms. The molecular weight excluding hydrogens is 769 g/mol. The van der Waals surface area contributed by atoms with E-state index in [-0.39, 0.29) is 20.1 Å². The Morgan fingerprint density at radius 2 is 1.46 bits per heavy atom. The molecule has 239 valence electrons. The minimum atomic E-state index is 0. The second-order valence-corrected chi connectivity index (χ2v) is 12.1. The van der Waals surface area contributed by atoms with E-state index in [9.17, 15) is 0 Å². The SMILES string of the molecule is Cc1c[c-]c(-c2cc(C)c(C)cn2)cc1.Cc1ccc2c(n1)oc1c(-c3cc(-c4ccc5ncccc5c4C)c(C)cn3)[c-]ccc12.[Ir]. The molecule has 0 aliphatic rings. The van der Waals surface area contributed by atoms with Gasteiger partial charge in [0.05, 0.1) is 11.1 Å². The molecule has 0 spiro atoms. The summed E-state index contributed by atoms with van der Waals surface area (Å²) < 4.78 is 6.19. The predicted octanol–water partition coefficient (Wildman–Crippen LogP) is 10.5. The molecule has 8 aromatic rings. The van der Waals surface area contributed by atoms with Gasteiger partial charge in [-0.3, -0.25) is 4.98 Å². The zero-order valence-corrected chi connectivity index (χ0v) is 30.2. The maximum absolute atomic E-state index is 6.19. The summed E-state index contributed by atoms with van der Waals surface area (Å²) in [4.78, 5) is 18.2. The molecule has 0 unspecified atom stereocenters. The van der Waals surface area contributed by atoms with Crippen molar-refractivity contribution in [3.63, 3.8) is 0 Å². The van der Waals surface area contributed by atoms with Crippen LogP contribution in [0.25, 0.3) is 66.6 Å². The van der Waals surface area contributed by atoms with Crippen molar-refractivity contribution in [2.24, 2.45) is 0 Å². The van der Waals surface area contributed by atoms with Gasteiger partial charge in [0.25, 0.3) is 0 Å². The molecule has 0 fully saturated rings. The summed E-state index contributed by atoms with van der Waals surface area (Å²) in [5.74, 6) is 0. The number of benzene rings is 3. The van der Waals surface area contributed by atoms with Crippen LogP contribution in [0.5, 0.6) is 0 Å². The number of aromatic nitrogens is 4. The van der Waals surface area contributed by atoms with Crippen LogP contribution in [0, 0.1) is 53.7 Å². The molecule has 0 N–H and O–H groups in total. The van der Waals surface area contributed by atoms with Gasteiger partial charge < -0.3 is 14.4 Å². The Morgan fingerprint density at radius 1 is 0.646 bits per heavy atom. The summed E-state index contributed by atoms with van der Waals surface area (Å²) in [6.07, 6.45) is 5.67. The van der Waals surface area contributed by atoms with Crippen molar-refractivity contribution in [3.05, 3.63) is 143 Å². The maximum atomic E-state index is 6.19. The van der Waals surface area contributed by atoms with Gasteiger partial charge in [0.1, 0.15) is 0 Å². The van der Waals surface area contributed by atoms with Gasteiger partial charge in [-0.1, -0.05) is 47.7 Å². The molecule has 5 heterocycles. The Balaban J connectivity index is 0.000000212. The van der Waals surface area contributed by atoms with Gasteiger partial charge in [0.15, 0.2) is 0 Å². The Labute approximate surface area is 294 Å². The fraction of sp³-hybridized carbons (Fsp3) is 0.143. The molecule has 3 aromatic carbocycles. The molecule has 0 aliphatic heterocycles. The fourth-order valence-corrected chi connectivity index (χ4v) is 5.88. The number of aryl methyl sites for hydroxylation is 6. The summed E-state index contributed by atoms with van der Waals surface area (Å²) in [7, 11) is 0. The van der Waals surface area contributed by atoms with Gasteiger partial charge in [-0.2, -0.15) is 0 Å². The summed E-state index contributed by atoms with van der Waals surface area (Å²) in [6, 6.07) is 33.3. The summed E-state index contributed by atoms with van der Waals surface area (Å²) >= 11 is 0. The maximum Gasteiger partial charge on any atom is 0.216 e. The number of hydrogen-bond acceptors (Lipinski definition) is 5. The molecule has 0 amide bonds. The third kappa shape index (κ3) is 6.29. The average molecular weight is 803 g/mol. The van der Waals surface area contributed by atoms with Crippen molar-refractivity contribution in [2.75, 3.05) is 0 Å². The van der Waals surface area contributed by atoms with Gasteiger partial charge in [0, 0.05) is 55.2 Å². The normalized spacial score (nSPS) is 11.0. The van der Waals surface area contributed by atoms with Crippen molar-refractivity contribution >= 4 is 33.0 Å². The van der Waals surface area contributed by atoms with Gasteiger partial charge in [-0.15, -0.1) is 53.6 Å². The molecule has 0 bridgehead atoms. The molecular formula is C42H34IrN4O-2. The first-order valence-electron chi connectivity index (χ1n) is 15.7. The van der Waals surface area contributed by atoms with Crippen LogP contribution < -0.4 is 0 Å². The standard InChI is InChI=1S/C28H20N3O.C14H14N.Ir/c1-16-15-30-26(14-24(16)19-11-12-25-20(18(19)3)8-5-13-29-25)23-7-4-6-21-22-10-9-17(2)31-28(22)32-27(21)23;1-10-4-6-13(7-5-10)14-8-11(2)12(3)9-15-14;/h4-6,8-15H,1-3H3;4-6,8-9H,1-3H3;/q2*-1;. The fourth-order valence-electron chi connectivity index (χ4n) is 5.88. The summed E-state index contributed by atoms with van der Waals surface area (Å²) in [6.45, 7) is 12.5. The van der Waals surface area contributed by atoms with Gasteiger partial charge in [-0.25, -0.2) is 4.98 Å². The number of furan rings is 1. The first kappa shape index (κ1) is 32.9. The second kappa shape index (κ2) is 13.6. The van der Waals surface area contributed by atoms with Crippen LogP contribution in [-0.4, -0.2) is 19.9 Å². The van der Waals surface area contributed by atoms with E-state index in [2.05, 4.69) is 110 Å². The molecule has 5 aromatic heterocycles. The van der Waals surface area contributed by atoms with Gasteiger partial charge in [0.2, 0.25) is 5.71 Å². The van der Waals surface area contributed by atoms with Crippen LogP contribution in [-0.2, 0) is 20.1 Å². The molecule has 0 saturated carbocycles. The number of rotatable bonds is 3. The zero-order chi connectivity index (χ0) is 32.7. The molecule has 0 atom stereocenters. The van der Waals surface area contributed by atoms with Crippen LogP contribution in [0.2, 0.25) is 0 Å². The third-order valence-corrected chi connectivity index (χ3v) is 8.76. The quantitative estimate of drug-likeness (QED) is 0.167. The van der Waals surface area contributed by atoms with Gasteiger partial charge >= 0.3 is 0 Å². The summed E-state index contributed by atoms with van der Waals surface area (Å²) in [5, 5.41) is 3.19. The number of fused-ring (bicyclic) bond motifs is 4. The van der Waals surface area contributed by atoms with E-state index >= 15 is 0 Å². The van der Waals surface area contributed by atoms with E-state index in [0.717, 1.165) is 66.6 Å². The first-order valence-corrected chi connectivity index (χ1v) is 15.7. The second-order valence-electron chi connectivity index (χ2n) is 12.1.